The predicted octanol–water partition coefficient (Wildman–Crippen LogP) is 3.21. The van der Waals surface area contributed by atoms with Crippen LogP contribution < -0.4 is 0 Å². The number of phenolic OH excluding ortho intramolecular Hbond substituents is 1. The first-order valence-corrected chi connectivity index (χ1v) is 4.34. The quantitative estimate of drug-likeness (QED) is 0.749. The van der Waals surface area contributed by atoms with Crippen molar-refractivity contribution in [2.75, 3.05) is 0 Å². The molecule has 12 heavy (non-hydrogen) atoms. The second-order valence-electron chi connectivity index (χ2n) is 2.69. The van der Waals surface area contributed by atoms with Crippen molar-refractivity contribution in [1.29, 1.82) is 0 Å². The van der Waals surface area contributed by atoms with Gasteiger partial charge in [0.2, 0.25) is 0 Å². The van der Waals surface area contributed by atoms with Gasteiger partial charge in [0.15, 0.2) is 0 Å². The normalized spacial score (nSPS) is 10.8. The van der Waals surface area contributed by atoms with Crippen LogP contribution in [0.2, 0.25) is 0 Å². The van der Waals surface area contributed by atoms with Crippen LogP contribution in [0.1, 0.15) is 5.56 Å². The van der Waals surface area contributed by atoms with Crippen molar-refractivity contribution in [3.8, 4) is 5.75 Å². The molecule has 2 rings (SSSR count). The van der Waals surface area contributed by atoms with Crippen LogP contribution in [0.5, 0.6) is 5.75 Å². The Morgan fingerprint density at radius 2 is 2.25 bits per heavy atom. The summed E-state index contributed by atoms with van der Waals surface area (Å²) >= 11 is 3.29. The number of hydrogen-bond acceptors (Lipinski definition) is 2. The largest absolute Gasteiger partial charge is 0.506 e. The Morgan fingerprint density at radius 1 is 1.50 bits per heavy atom. The molecule has 1 heterocycles. The standard InChI is InChI=1S/C9H7BrO2/c1-5-4-7-6(2-3-12-7)9(11)8(5)10/h2-4,11H,1H3. The lowest BCUT2D eigenvalue weighted by Gasteiger charge is -2.01. The SMILES string of the molecule is Cc1cc2occc2c(O)c1Br. The van der Waals surface area contributed by atoms with E-state index in [0.717, 1.165) is 15.4 Å². The molecule has 1 aromatic heterocycles. The smallest absolute Gasteiger partial charge is 0.141 e. The van der Waals surface area contributed by atoms with E-state index in [1.165, 1.54) is 0 Å². The zero-order valence-corrected chi connectivity index (χ0v) is 8.05. The van der Waals surface area contributed by atoms with Gasteiger partial charge in [0.05, 0.1) is 16.1 Å². The van der Waals surface area contributed by atoms with Crippen LogP contribution in [-0.4, -0.2) is 5.11 Å². The third-order valence-electron chi connectivity index (χ3n) is 1.85. The molecule has 0 atom stereocenters. The second kappa shape index (κ2) is 2.52. The first kappa shape index (κ1) is 7.68. The summed E-state index contributed by atoms with van der Waals surface area (Å²) in [5.41, 5.74) is 1.68. The summed E-state index contributed by atoms with van der Waals surface area (Å²) in [6.45, 7) is 1.91. The molecule has 0 spiro atoms. The lowest BCUT2D eigenvalue weighted by atomic mass is 10.2. The van der Waals surface area contributed by atoms with Gasteiger partial charge in [-0.25, -0.2) is 0 Å². The van der Waals surface area contributed by atoms with E-state index in [9.17, 15) is 5.11 Å². The number of furan rings is 1. The molecule has 62 valence electrons. The maximum absolute atomic E-state index is 9.62. The van der Waals surface area contributed by atoms with Crippen molar-refractivity contribution in [2.24, 2.45) is 0 Å². The minimum Gasteiger partial charge on any atom is -0.506 e. The molecule has 0 fully saturated rings. The molecule has 0 saturated heterocycles. The average molecular weight is 227 g/mol. The van der Waals surface area contributed by atoms with Crippen LogP contribution in [0.3, 0.4) is 0 Å². The molecule has 0 aliphatic heterocycles. The van der Waals surface area contributed by atoms with E-state index >= 15 is 0 Å². The Morgan fingerprint density at radius 3 is 3.00 bits per heavy atom. The molecular weight excluding hydrogens is 220 g/mol. The van der Waals surface area contributed by atoms with Gasteiger partial charge in [0, 0.05) is 0 Å². The Balaban J connectivity index is 2.94. The Labute approximate surface area is 77.9 Å². The molecule has 1 N–H and O–H groups in total. The Bertz CT molecular complexity index is 431. The second-order valence-corrected chi connectivity index (χ2v) is 3.48. The first-order valence-electron chi connectivity index (χ1n) is 3.55. The summed E-state index contributed by atoms with van der Waals surface area (Å²) in [5.74, 6) is 0.249. The molecule has 3 heteroatoms. The van der Waals surface area contributed by atoms with E-state index in [-0.39, 0.29) is 5.75 Å². The summed E-state index contributed by atoms with van der Waals surface area (Å²) in [5, 5.41) is 10.4. The van der Waals surface area contributed by atoms with E-state index < -0.39 is 0 Å². The zero-order valence-electron chi connectivity index (χ0n) is 6.47. The van der Waals surface area contributed by atoms with E-state index in [1.54, 1.807) is 12.3 Å². The van der Waals surface area contributed by atoms with Crippen molar-refractivity contribution >= 4 is 26.9 Å². The highest BCUT2D eigenvalue weighted by Crippen LogP contribution is 2.35. The summed E-state index contributed by atoms with van der Waals surface area (Å²) in [6, 6.07) is 3.63. The summed E-state index contributed by atoms with van der Waals surface area (Å²) in [7, 11) is 0. The van der Waals surface area contributed by atoms with Crippen molar-refractivity contribution in [2.45, 2.75) is 6.92 Å². The van der Waals surface area contributed by atoms with Crippen LogP contribution in [0.4, 0.5) is 0 Å². The fourth-order valence-corrected chi connectivity index (χ4v) is 1.52. The van der Waals surface area contributed by atoms with Gasteiger partial charge in [-0.05, 0) is 40.5 Å². The van der Waals surface area contributed by atoms with Crippen LogP contribution >= 0.6 is 15.9 Å². The summed E-state index contributed by atoms with van der Waals surface area (Å²) < 4.78 is 5.89. The maximum Gasteiger partial charge on any atom is 0.141 e. The first-order chi connectivity index (χ1) is 5.70. The van der Waals surface area contributed by atoms with Gasteiger partial charge in [-0.2, -0.15) is 0 Å². The fraction of sp³-hybridized carbons (Fsp3) is 0.111. The van der Waals surface area contributed by atoms with Crippen molar-refractivity contribution in [3.63, 3.8) is 0 Å². The van der Waals surface area contributed by atoms with Gasteiger partial charge in [-0.3, -0.25) is 0 Å². The number of aromatic hydroxyl groups is 1. The van der Waals surface area contributed by atoms with Crippen LogP contribution in [0.25, 0.3) is 11.0 Å². The predicted molar refractivity (Wildman–Crippen MR) is 50.3 cm³/mol. The fourth-order valence-electron chi connectivity index (χ4n) is 1.19. The molecule has 0 aliphatic rings. The summed E-state index contributed by atoms with van der Waals surface area (Å²) in [6.07, 6.45) is 1.57. The van der Waals surface area contributed by atoms with Crippen molar-refractivity contribution < 1.29 is 9.52 Å². The molecule has 1 aromatic carbocycles. The molecular formula is C9H7BrO2. The monoisotopic (exact) mass is 226 g/mol. The van der Waals surface area contributed by atoms with Gasteiger partial charge in [-0.1, -0.05) is 0 Å². The number of halogens is 1. The number of benzene rings is 1. The van der Waals surface area contributed by atoms with Crippen LogP contribution in [0, 0.1) is 6.92 Å². The average Bonchev–Trinajstić information content (AvgIpc) is 2.48. The minimum absolute atomic E-state index is 0.249. The molecule has 0 bridgehead atoms. The molecule has 0 saturated carbocycles. The molecule has 2 aromatic rings. The van der Waals surface area contributed by atoms with Crippen LogP contribution in [0.15, 0.2) is 27.3 Å². The lowest BCUT2D eigenvalue weighted by molar-refractivity contribution is 0.477. The van der Waals surface area contributed by atoms with Crippen LogP contribution in [-0.2, 0) is 0 Å². The Hall–Kier alpha value is -0.960. The third-order valence-corrected chi connectivity index (χ3v) is 2.85. The highest BCUT2D eigenvalue weighted by Gasteiger charge is 2.08. The molecule has 0 aliphatic carbocycles. The molecule has 0 amide bonds. The zero-order chi connectivity index (χ0) is 8.72. The van der Waals surface area contributed by atoms with Gasteiger partial charge in [0.25, 0.3) is 0 Å². The van der Waals surface area contributed by atoms with E-state index in [0.29, 0.717) is 5.58 Å². The number of hydrogen-bond donors (Lipinski definition) is 1. The number of phenols is 1. The van der Waals surface area contributed by atoms with E-state index in [1.807, 2.05) is 13.0 Å². The van der Waals surface area contributed by atoms with E-state index in [2.05, 4.69) is 15.9 Å². The number of rotatable bonds is 0. The summed E-state index contributed by atoms with van der Waals surface area (Å²) in [4.78, 5) is 0. The van der Waals surface area contributed by atoms with Crippen molar-refractivity contribution in [1.82, 2.24) is 0 Å². The number of aryl methyl sites for hydroxylation is 1. The van der Waals surface area contributed by atoms with Gasteiger partial charge >= 0.3 is 0 Å². The third kappa shape index (κ3) is 0.932. The maximum atomic E-state index is 9.62. The van der Waals surface area contributed by atoms with Gasteiger partial charge in [-0.15, -0.1) is 0 Å². The topological polar surface area (TPSA) is 33.4 Å². The van der Waals surface area contributed by atoms with Gasteiger partial charge < -0.3 is 9.52 Å². The van der Waals surface area contributed by atoms with Crippen molar-refractivity contribution in [3.05, 3.63) is 28.4 Å². The molecule has 0 unspecified atom stereocenters. The Kier molecular flexibility index (Phi) is 1.61. The lowest BCUT2D eigenvalue weighted by Crippen LogP contribution is -1.76. The minimum atomic E-state index is 0.249. The highest BCUT2D eigenvalue weighted by molar-refractivity contribution is 9.10. The van der Waals surface area contributed by atoms with Gasteiger partial charge in [0.1, 0.15) is 11.3 Å². The number of fused-ring (bicyclic) bond motifs is 1. The highest BCUT2D eigenvalue weighted by atomic mass is 79.9. The molecule has 0 radical (unpaired) electrons. The van der Waals surface area contributed by atoms with E-state index in [4.69, 9.17) is 4.42 Å². The molecule has 2 nitrogen and oxygen atoms in total.